The first-order valence-corrected chi connectivity index (χ1v) is 9.95. The summed E-state index contributed by atoms with van der Waals surface area (Å²) in [4.78, 5) is 6.77. The number of rotatable bonds is 7. The number of hydrogen-bond acceptors (Lipinski definition) is 3. The first-order chi connectivity index (χ1) is 12.8. The van der Waals surface area contributed by atoms with Gasteiger partial charge in [-0.2, -0.15) is 0 Å². The Bertz CT molecular complexity index is 590. The van der Waals surface area contributed by atoms with Crippen molar-refractivity contribution in [3.05, 3.63) is 35.4 Å². The predicted molar refractivity (Wildman–Crippen MR) is 106 cm³/mol. The minimum Gasteiger partial charge on any atom is -0.384 e. The summed E-state index contributed by atoms with van der Waals surface area (Å²) in [6.07, 6.45) is 6.00. The molecule has 0 radical (unpaired) electrons. The van der Waals surface area contributed by atoms with Crippen LogP contribution in [0.5, 0.6) is 0 Å². The number of nitrogens with one attached hydrogen (secondary N) is 1. The third kappa shape index (κ3) is 4.98. The number of aliphatic imine (C=N–C) groups is 1. The molecule has 0 saturated carbocycles. The highest BCUT2D eigenvalue weighted by atomic mass is 16.5. The number of benzene rings is 1. The van der Waals surface area contributed by atoms with E-state index in [1.54, 1.807) is 7.11 Å². The zero-order chi connectivity index (χ0) is 18.2. The third-order valence-electron chi connectivity index (χ3n) is 5.44. The van der Waals surface area contributed by atoms with Crippen molar-refractivity contribution in [3.8, 4) is 0 Å². The molecule has 1 fully saturated rings. The lowest BCUT2D eigenvalue weighted by molar-refractivity contribution is 0.0397. The first kappa shape index (κ1) is 19.2. The lowest BCUT2D eigenvalue weighted by Gasteiger charge is -2.26. The van der Waals surface area contributed by atoms with Crippen molar-refractivity contribution in [2.75, 3.05) is 47.0 Å². The normalized spacial score (nSPS) is 23.2. The minimum absolute atomic E-state index is 0.271. The van der Waals surface area contributed by atoms with E-state index in [1.165, 1.54) is 30.4 Å². The number of guanidine groups is 1. The van der Waals surface area contributed by atoms with Crippen LogP contribution in [0.1, 0.15) is 42.9 Å². The summed E-state index contributed by atoms with van der Waals surface area (Å²) >= 11 is 0. The van der Waals surface area contributed by atoms with Crippen molar-refractivity contribution in [1.29, 1.82) is 0 Å². The van der Waals surface area contributed by atoms with Gasteiger partial charge in [0.05, 0.1) is 12.7 Å². The molecule has 0 aromatic heterocycles. The van der Waals surface area contributed by atoms with Gasteiger partial charge in [0.15, 0.2) is 5.96 Å². The Morgan fingerprint density at radius 1 is 1.31 bits per heavy atom. The molecule has 1 aromatic carbocycles. The fourth-order valence-electron chi connectivity index (χ4n) is 4.11. The van der Waals surface area contributed by atoms with Crippen LogP contribution in [0.25, 0.3) is 0 Å². The molecule has 5 heteroatoms. The number of methoxy groups -OCH3 is 1. The zero-order valence-electron chi connectivity index (χ0n) is 16.2. The molecule has 2 atom stereocenters. The summed E-state index contributed by atoms with van der Waals surface area (Å²) in [7, 11) is 3.64. The van der Waals surface area contributed by atoms with Crippen LogP contribution in [-0.2, 0) is 15.9 Å². The molecular weight excluding hydrogens is 326 g/mol. The number of aryl methyl sites for hydroxylation is 1. The van der Waals surface area contributed by atoms with Gasteiger partial charge >= 0.3 is 0 Å². The van der Waals surface area contributed by atoms with E-state index >= 15 is 0 Å². The van der Waals surface area contributed by atoms with Crippen molar-refractivity contribution in [2.45, 2.75) is 38.2 Å². The lowest BCUT2D eigenvalue weighted by atomic mass is 9.89. The van der Waals surface area contributed by atoms with E-state index in [1.807, 2.05) is 7.05 Å². The van der Waals surface area contributed by atoms with Gasteiger partial charge in [0.2, 0.25) is 0 Å². The smallest absolute Gasteiger partial charge is 0.193 e. The number of nitrogens with zero attached hydrogens (tertiary/aromatic N) is 2. The molecule has 144 valence electrons. The molecule has 2 unspecified atom stereocenters. The fourth-order valence-corrected chi connectivity index (χ4v) is 4.11. The number of ether oxygens (including phenoxy) is 2. The monoisotopic (exact) mass is 359 g/mol. The molecular formula is C21H33N3O2. The largest absolute Gasteiger partial charge is 0.384 e. The third-order valence-corrected chi connectivity index (χ3v) is 5.44. The van der Waals surface area contributed by atoms with Gasteiger partial charge in [-0.15, -0.1) is 0 Å². The maximum atomic E-state index is 6.19. The van der Waals surface area contributed by atoms with Crippen molar-refractivity contribution in [3.63, 3.8) is 0 Å². The second-order valence-corrected chi connectivity index (χ2v) is 7.33. The molecule has 1 aliphatic carbocycles. The van der Waals surface area contributed by atoms with E-state index in [-0.39, 0.29) is 6.10 Å². The Morgan fingerprint density at radius 3 is 3.04 bits per heavy atom. The van der Waals surface area contributed by atoms with Gasteiger partial charge in [0.1, 0.15) is 0 Å². The Balaban J connectivity index is 1.37. The van der Waals surface area contributed by atoms with Gasteiger partial charge in [0.25, 0.3) is 0 Å². The minimum atomic E-state index is 0.271. The van der Waals surface area contributed by atoms with E-state index in [2.05, 4.69) is 39.5 Å². The summed E-state index contributed by atoms with van der Waals surface area (Å²) in [5.41, 5.74) is 2.85. The Kier molecular flexibility index (Phi) is 7.32. The first-order valence-electron chi connectivity index (χ1n) is 9.95. The molecule has 1 aliphatic heterocycles. The van der Waals surface area contributed by atoms with E-state index in [4.69, 9.17) is 9.47 Å². The van der Waals surface area contributed by atoms with Crippen molar-refractivity contribution in [2.24, 2.45) is 10.9 Å². The van der Waals surface area contributed by atoms with Crippen molar-refractivity contribution >= 4 is 5.96 Å². The van der Waals surface area contributed by atoms with Gasteiger partial charge in [0, 0.05) is 46.3 Å². The molecule has 0 amide bonds. The molecule has 26 heavy (non-hydrogen) atoms. The molecule has 0 bridgehead atoms. The number of hydrogen-bond donors (Lipinski definition) is 1. The lowest BCUT2D eigenvalue weighted by Crippen LogP contribution is -2.40. The average Bonchev–Trinajstić information content (AvgIpc) is 3.13. The molecule has 1 saturated heterocycles. The Labute approximate surface area is 157 Å². The molecule has 1 N–H and O–H groups in total. The highest BCUT2D eigenvalue weighted by Crippen LogP contribution is 2.32. The van der Waals surface area contributed by atoms with Gasteiger partial charge < -0.3 is 19.7 Å². The summed E-state index contributed by atoms with van der Waals surface area (Å²) in [5.74, 6) is 1.62. The summed E-state index contributed by atoms with van der Waals surface area (Å²) < 4.78 is 11.5. The van der Waals surface area contributed by atoms with Crippen molar-refractivity contribution < 1.29 is 9.47 Å². The summed E-state index contributed by atoms with van der Waals surface area (Å²) in [6, 6.07) is 8.72. The van der Waals surface area contributed by atoms with Crippen LogP contribution in [0.3, 0.4) is 0 Å². The van der Waals surface area contributed by atoms with Gasteiger partial charge in [-0.05, 0) is 43.2 Å². The second kappa shape index (κ2) is 9.93. The van der Waals surface area contributed by atoms with Crippen LogP contribution in [0.15, 0.2) is 29.3 Å². The van der Waals surface area contributed by atoms with Gasteiger partial charge in [-0.1, -0.05) is 24.3 Å². The SMILES string of the molecule is CN=C(NCCCOC1CCCc2ccccc21)N1CCC(COC)C1. The number of fused-ring (bicyclic) bond motifs is 1. The maximum absolute atomic E-state index is 6.19. The van der Waals surface area contributed by atoms with E-state index in [9.17, 15) is 0 Å². The highest BCUT2D eigenvalue weighted by molar-refractivity contribution is 5.80. The standard InChI is InChI=1S/C21H33N3O2/c1-22-21(24-13-11-17(15-24)16-25-2)23-12-6-14-26-20-10-5-8-18-7-3-4-9-19(18)20/h3-4,7,9,17,20H,5-6,8,10-16H2,1-2H3,(H,22,23). The Hall–Kier alpha value is -1.59. The van der Waals surface area contributed by atoms with E-state index < -0.39 is 0 Å². The topological polar surface area (TPSA) is 46.1 Å². The van der Waals surface area contributed by atoms with Crippen LogP contribution in [0.2, 0.25) is 0 Å². The summed E-state index contributed by atoms with van der Waals surface area (Å²) in [5, 5.41) is 3.49. The zero-order valence-corrected chi connectivity index (χ0v) is 16.2. The Morgan fingerprint density at radius 2 is 2.19 bits per heavy atom. The van der Waals surface area contributed by atoms with Crippen LogP contribution in [-0.4, -0.2) is 57.9 Å². The number of likely N-dealkylation sites (tertiary alicyclic amines) is 1. The molecule has 1 heterocycles. The van der Waals surface area contributed by atoms with Crippen LogP contribution >= 0.6 is 0 Å². The predicted octanol–water partition coefficient (Wildman–Crippen LogP) is 3.01. The van der Waals surface area contributed by atoms with Gasteiger partial charge in [-0.3, -0.25) is 4.99 Å². The van der Waals surface area contributed by atoms with Crippen LogP contribution in [0.4, 0.5) is 0 Å². The quantitative estimate of drug-likeness (QED) is 0.462. The average molecular weight is 360 g/mol. The van der Waals surface area contributed by atoms with E-state index in [0.717, 1.165) is 51.6 Å². The fraction of sp³-hybridized carbons (Fsp3) is 0.667. The molecule has 0 spiro atoms. The van der Waals surface area contributed by atoms with Crippen molar-refractivity contribution in [1.82, 2.24) is 10.2 Å². The van der Waals surface area contributed by atoms with Crippen LogP contribution < -0.4 is 5.32 Å². The maximum Gasteiger partial charge on any atom is 0.193 e. The molecule has 2 aliphatic rings. The summed E-state index contributed by atoms with van der Waals surface area (Å²) in [6.45, 7) is 4.61. The van der Waals surface area contributed by atoms with Crippen LogP contribution in [0, 0.1) is 5.92 Å². The molecule has 3 rings (SSSR count). The molecule has 5 nitrogen and oxygen atoms in total. The van der Waals surface area contributed by atoms with E-state index in [0.29, 0.717) is 5.92 Å². The second-order valence-electron chi connectivity index (χ2n) is 7.33. The van der Waals surface area contributed by atoms with Gasteiger partial charge in [-0.25, -0.2) is 0 Å². The molecule has 1 aromatic rings. The highest BCUT2D eigenvalue weighted by Gasteiger charge is 2.24.